The van der Waals surface area contributed by atoms with Crippen LogP contribution < -0.4 is 19.1 Å². The molecule has 1 aliphatic rings. The number of rotatable bonds is 7. The van der Waals surface area contributed by atoms with Gasteiger partial charge < -0.3 is 24.0 Å². The molecule has 0 atom stereocenters. The van der Waals surface area contributed by atoms with E-state index in [4.69, 9.17) is 14.2 Å². The summed E-state index contributed by atoms with van der Waals surface area (Å²) in [6, 6.07) is 11.7. The van der Waals surface area contributed by atoms with E-state index in [1.165, 1.54) is 24.9 Å². The van der Waals surface area contributed by atoms with Crippen molar-refractivity contribution >= 4 is 11.6 Å². The molecule has 6 heteroatoms. The van der Waals surface area contributed by atoms with E-state index in [1.807, 2.05) is 13.1 Å². The topological polar surface area (TPSA) is 51.2 Å². The molecule has 2 aromatic carbocycles. The molecule has 29 heavy (non-hydrogen) atoms. The maximum atomic E-state index is 13.1. The Morgan fingerprint density at radius 2 is 1.59 bits per heavy atom. The average molecular weight is 399 g/mol. The van der Waals surface area contributed by atoms with Gasteiger partial charge in [-0.25, -0.2) is 0 Å². The predicted molar refractivity (Wildman–Crippen MR) is 114 cm³/mol. The summed E-state index contributed by atoms with van der Waals surface area (Å²) in [7, 11) is 6.46. The highest BCUT2D eigenvalue weighted by Crippen LogP contribution is 2.38. The summed E-state index contributed by atoms with van der Waals surface area (Å²) in [6.45, 7) is 2.67. The molecule has 0 N–H and O–H groups in total. The van der Waals surface area contributed by atoms with Gasteiger partial charge in [0.1, 0.15) is 0 Å². The molecule has 0 radical (unpaired) electrons. The van der Waals surface area contributed by atoms with E-state index < -0.39 is 0 Å². The Morgan fingerprint density at radius 3 is 2.17 bits per heavy atom. The van der Waals surface area contributed by atoms with Crippen molar-refractivity contribution in [1.82, 2.24) is 4.90 Å². The number of carbonyl (C=O) groups excluding carboxylic acids is 1. The molecule has 156 valence electrons. The van der Waals surface area contributed by atoms with Gasteiger partial charge in [0.25, 0.3) is 5.91 Å². The van der Waals surface area contributed by atoms with E-state index in [9.17, 15) is 4.79 Å². The normalized spacial score (nSPS) is 13.7. The number of para-hydroxylation sites is 1. The number of hydrogen-bond donors (Lipinski definition) is 0. The Morgan fingerprint density at radius 1 is 0.966 bits per heavy atom. The number of carbonyl (C=O) groups is 1. The third-order valence-corrected chi connectivity index (χ3v) is 5.35. The van der Waals surface area contributed by atoms with Crippen LogP contribution in [0.3, 0.4) is 0 Å². The molecule has 1 fully saturated rings. The second-order valence-electron chi connectivity index (χ2n) is 7.25. The molecule has 1 heterocycles. The number of nitrogens with zero attached hydrogens (tertiary/aromatic N) is 2. The molecule has 2 aromatic rings. The maximum absolute atomic E-state index is 13.1. The van der Waals surface area contributed by atoms with E-state index in [-0.39, 0.29) is 5.91 Å². The number of amides is 1. The molecule has 0 saturated carbocycles. The van der Waals surface area contributed by atoms with Crippen molar-refractivity contribution in [3.63, 3.8) is 0 Å². The lowest BCUT2D eigenvalue weighted by atomic mass is 10.1. The van der Waals surface area contributed by atoms with Gasteiger partial charge in [-0.3, -0.25) is 4.79 Å². The van der Waals surface area contributed by atoms with Crippen LogP contribution in [-0.2, 0) is 6.54 Å². The number of ether oxygens (including phenoxy) is 3. The zero-order chi connectivity index (χ0) is 20.8. The van der Waals surface area contributed by atoms with Gasteiger partial charge in [0.15, 0.2) is 11.5 Å². The first-order chi connectivity index (χ1) is 14.1. The first kappa shape index (κ1) is 20.8. The molecule has 1 amide bonds. The highest BCUT2D eigenvalue weighted by Gasteiger charge is 2.21. The van der Waals surface area contributed by atoms with E-state index in [0.29, 0.717) is 29.4 Å². The molecule has 1 saturated heterocycles. The van der Waals surface area contributed by atoms with Crippen LogP contribution in [0.1, 0.15) is 35.2 Å². The summed E-state index contributed by atoms with van der Waals surface area (Å²) < 4.78 is 16.1. The summed E-state index contributed by atoms with van der Waals surface area (Å²) in [5, 5.41) is 0. The van der Waals surface area contributed by atoms with Gasteiger partial charge in [0.05, 0.1) is 21.3 Å². The Bertz CT molecular complexity index is 822. The van der Waals surface area contributed by atoms with Crippen LogP contribution in [0.5, 0.6) is 17.2 Å². The Kier molecular flexibility index (Phi) is 6.86. The van der Waals surface area contributed by atoms with Crippen LogP contribution in [-0.4, -0.2) is 52.3 Å². The van der Waals surface area contributed by atoms with E-state index in [2.05, 4.69) is 23.1 Å². The van der Waals surface area contributed by atoms with Crippen molar-refractivity contribution in [2.45, 2.75) is 25.8 Å². The smallest absolute Gasteiger partial charge is 0.254 e. The lowest BCUT2D eigenvalue weighted by molar-refractivity contribution is 0.0784. The standard InChI is InChI=1S/C23H30N2O4/c1-24(16-17-10-6-7-11-19(17)25-12-8-5-9-13-25)23(26)18-14-20(27-2)22(29-4)21(15-18)28-3/h6-7,10-11,14-15H,5,8-9,12-13,16H2,1-4H3. The van der Waals surface area contributed by atoms with Crippen molar-refractivity contribution in [1.29, 1.82) is 0 Å². The monoisotopic (exact) mass is 398 g/mol. The summed E-state index contributed by atoms with van der Waals surface area (Å²) in [5.74, 6) is 1.32. The highest BCUT2D eigenvalue weighted by molar-refractivity contribution is 5.95. The van der Waals surface area contributed by atoms with Gasteiger partial charge in [-0.15, -0.1) is 0 Å². The molecule has 3 rings (SSSR count). The molecule has 0 bridgehead atoms. The number of methoxy groups -OCH3 is 3. The second-order valence-corrected chi connectivity index (χ2v) is 7.25. The van der Waals surface area contributed by atoms with Crippen LogP contribution in [0.25, 0.3) is 0 Å². The average Bonchev–Trinajstić information content (AvgIpc) is 2.78. The summed E-state index contributed by atoms with van der Waals surface area (Å²) in [6.07, 6.45) is 3.72. The number of anilines is 1. The molecular formula is C23H30N2O4. The zero-order valence-electron chi connectivity index (χ0n) is 17.7. The second kappa shape index (κ2) is 9.54. The van der Waals surface area contributed by atoms with Crippen LogP contribution in [0.4, 0.5) is 5.69 Å². The van der Waals surface area contributed by atoms with E-state index in [0.717, 1.165) is 18.7 Å². The summed E-state index contributed by atoms with van der Waals surface area (Å²) in [5.41, 5.74) is 2.87. The van der Waals surface area contributed by atoms with E-state index in [1.54, 1.807) is 38.4 Å². The largest absolute Gasteiger partial charge is 0.493 e. The third-order valence-electron chi connectivity index (χ3n) is 5.35. The lowest BCUT2D eigenvalue weighted by Gasteiger charge is -2.31. The quantitative estimate of drug-likeness (QED) is 0.706. The fourth-order valence-corrected chi connectivity index (χ4v) is 3.84. The van der Waals surface area contributed by atoms with Gasteiger partial charge in [-0.1, -0.05) is 18.2 Å². The van der Waals surface area contributed by atoms with Crippen molar-refractivity contribution in [3.05, 3.63) is 47.5 Å². The van der Waals surface area contributed by atoms with Gasteiger partial charge in [0, 0.05) is 37.9 Å². The van der Waals surface area contributed by atoms with Crippen LogP contribution in [0.2, 0.25) is 0 Å². The Hall–Kier alpha value is -2.89. The van der Waals surface area contributed by atoms with E-state index >= 15 is 0 Å². The zero-order valence-corrected chi connectivity index (χ0v) is 17.7. The fourth-order valence-electron chi connectivity index (χ4n) is 3.84. The van der Waals surface area contributed by atoms with Crippen LogP contribution in [0, 0.1) is 0 Å². The first-order valence-electron chi connectivity index (χ1n) is 9.97. The van der Waals surface area contributed by atoms with Crippen molar-refractivity contribution in [2.24, 2.45) is 0 Å². The maximum Gasteiger partial charge on any atom is 0.254 e. The minimum Gasteiger partial charge on any atom is -0.493 e. The first-order valence-corrected chi connectivity index (χ1v) is 9.97. The lowest BCUT2D eigenvalue weighted by Crippen LogP contribution is -2.32. The van der Waals surface area contributed by atoms with Crippen molar-refractivity contribution in [3.8, 4) is 17.2 Å². The number of benzene rings is 2. The van der Waals surface area contributed by atoms with Crippen molar-refractivity contribution < 1.29 is 19.0 Å². The number of hydrogen-bond acceptors (Lipinski definition) is 5. The van der Waals surface area contributed by atoms with Gasteiger partial charge in [-0.2, -0.15) is 0 Å². The van der Waals surface area contributed by atoms with Crippen molar-refractivity contribution in [2.75, 3.05) is 46.4 Å². The molecule has 0 spiro atoms. The third kappa shape index (κ3) is 4.58. The molecule has 0 aliphatic carbocycles. The van der Waals surface area contributed by atoms with Gasteiger partial charge in [-0.05, 0) is 43.0 Å². The molecule has 6 nitrogen and oxygen atoms in total. The SMILES string of the molecule is COc1cc(C(=O)N(C)Cc2ccccc2N2CCCCC2)cc(OC)c1OC. The highest BCUT2D eigenvalue weighted by atomic mass is 16.5. The minimum absolute atomic E-state index is 0.0994. The van der Waals surface area contributed by atoms with Gasteiger partial charge >= 0.3 is 0 Å². The summed E-state index contributed by atoms with van der Waals surface area (Å²) >= 11 is 0. The van der Waals surface area contributed by atoms with Gasteiger partial charge in [0.2, 0.25) is 5.75 Å². The van der Waals surface area contributed by atoms with Crippen LogP contribution in [0.15, 0.2) is 36.4 Å². The molecule has 1 aliphatic heterocycles. The number of piperidine rings is 1. The summed E-state index contributed by atoms with van der Waals surface area (Å²) in [4.78, 5) is 17.3. The molecular weight excluding hydrogens is 368 g/mol. The molecule has 0 aromatic heterocycles. The fraction of sp³-hybridized carbons (Fsp3) is 0.435. The van der Waals surface area contributed by atoms with Crippen LogP contribution >= 0.6 is 0 Å². The Balaban J connectivity index is 1.83. The minimum atomic E-state index is -0.0994. The molecule has 0 unspecified atom stereocenters. The predicted octanol–water partition coefficient (Wildman–Crippen LogP) is 3.97. The Labute approximate surface area is 173 Å².